The molecular weight excluding hydrogens is 264 g/mol. The summed E-state index contributed by atoms with van der Waals surface area (Å²) in [6.45, 7) is 2.95. The number of carbonyl (C=O) groups excluding carboxylic acids is 1. The molecule has 1 aliphatic rings. The van der Waals surface area contributed by atoms with Crippen LogP contribution in [0.5, 0.6) is 0 Å². The monoisotopic (exact) mass is 288 g/mol. The van der Waals surface area contributed by atoms with Crippen LogP contribution in [-0.2, 0) is 0 Å². The number of hydrogen-bond acceptors (Lipinski definition) is 2. The van der Waals surface area contributed by atoms with Crippen molar-refractivity contribution in [2.75, 3.05) is 13.2 Å². The standard InChI is InChI=1S/C17H24N2O2/c1-14-6-2-3-7-15(14)9-11-18-17(21)19-12-5-4-8-16(19)10-13-20/h2-3,6-7,9,11,16,20H,4-5,8,10,12-13H2,1H3,(H,18,21)/b11-9+. The number of benzene rings is 1. The molecule has 2 N–H and O–H groups in total. The van der Waals surface area contributed by atoms with Gasteiger partial charge in [0.15, 0.2) is 0 Å². The van der Waals surface area contributed by atoms with Gasteiger partial charge in [0.05, 0.1) is 0 Å². The van der Waals surface area contributed by atoms with E-state index in [-0.39, 0.29) is 18.7 Å². The minimum atomic E-state index is -0.0713. The van der Waals surface area contributed by atoms with Crippen molar-refractivity contribution >= 4 is 12.1 Å². The van der Waals surface area contributed by atoms with E-state index < -0.39 is 0 Å². The summed E-state index contributed by atoms with van der Waals surface area (Å²) in [6.07, 6.45) is 7.43. The lowest BCUT2D eigenvalue weighted by Crippen LogP contribution is -2.47. The molecule has 0 spiro atoms. The van der Waals surface area contributed by atoms with Gasteiger partial charge in [0, 0.05) is 25.4 Å². The summed E-state index contributed by atoms with van der Waals surface area (Å²) < 4.78 is 0. The van der Waals surface area contributed by atoms with E-state index in [1.807, 2.05) is 42.2 Å². The van der Waals surface area contributed by atoms with E-state index >= 15 is 0 Å². The third-order valence-electron chi connectivity index (χ3n) is 4.01. The summed E-state index contributed by atoms with van der Waals surface area (Å²) in [7, 11) is 0. The molecule has 0 aromatic heterocycles. The summed E-state index contributed by atoms with van der Waals surface area (Å²) in [6, 6.07) is 8.14. The Kier molecular flexibility index (Phi) is 5.81. The number of piperidine rings is 1. The van der Waals surface area contributed by atoms with Crippen molar-refractivity contribution < 1.29 is 9.90 Å². The van der Waals surface area contributed by atoms with Crippen molar-refractivity contribution in [1.82, 2.24) is 10.2 Å². The molecule has 0 aliphatic carbocycles. The van der Waals surface area contributed by atoms with Crippen LogP contribution in [0.1, 0.15) is 36.8 Å². The molecule has 1 saturated heterocycles. The van der Waals surface area contributed by atoms with Crippen LogP contribution in [-0.4, -0.2) is 35.2 Å². The first-order chi connectivity index (χ1) is 10.2. The van der Waals surface area contributed by atoms with E-state index in [4.69, 9.17) is 5.11 Å². The van der Waals surface area contributed by atoms with Crippen LogP contribution in [0.4, 0.5) is 4.79 Å². The molecule has 1 atom stereocenters. The van der Waals surface area contributed by atoms with Crippen molar-refractivity contribution in [3.8, 4) is 0 Å². The lowest BCUT2D eigenvalue weighted by molar-refractivity contribution is 0.134. The molecule has 1 aliphatic heterocycles. The molecule has 0 bridgehead atoms. The lowest BCUT2D eigenvalue weighted by Gasteiger charge is -2.35. The second kappa shape index (κ2) is 7.84. The van der Waals surface area contributed by atoms with Crippen LogP contribution in [0.15, 0.2) is 30.5 Å². The van der Waals surface area contributed by atoms with Crippen LogP contribution in [0.2, 0.25) is 0 Å². The van der Waals surface area contributed by atoms with Gasteiger partial charge in [-0.05, 0) is 49.8 Å². The largest absolute Gasteiger partial charge is 0.396 e. The molecule has 1 aromatic carbocycles. The number of carbonyl (C=O) groups is 1. The molecular formula is C17H24N2O2. The fraction of sp³-hybridized carbons (Fsp3) is 0.471. The Labute approximate surface area is 126 Å². The molecule has 0 radical (unpaired) electrons. The summed E-state index contributed by atoms with van der Waals surface area (Å²) >= 11 is 0. The van der Waals surface area contributed by atoms with E-state index in [0.29, 0.717) is 6.42 Å². The Hall–Kier alpha value is -1.81. The number of aliphatic hydroxyl groups excluding tert-OH is 1. The normalized spacial score (nSPS) is 19.0. The number of nitrogens with zero attached hydrogens (tertiary/aromatic N) is 1. The van der Waals surface area contributed by atoms with Gasteiger partial charge in [0.1, 0.15) is 0 Å². The highest BCUT2D eigenvalue weighted by molar-refractivity contribution is 5.76. The Morgan fingerprint density at radius 2 is 2.24 bits per heavy atom. The number of likely N-dealkylation sites (tertiary alicyclic amines) is 1. The molecule has 1 unspecified atom stereocenters. The molecule has 1 aromatic rings. The summed E-state index contributed by atoms with van der Waals surface area (Å²) in [4.78, 5) is 14.1. The van der Waals surface area contributed by atoms with Gasteiger partial charge in [-0.15, -0.1) is 0 Å². The fourth-order valence-corrected chi connectivity index (χ4v) is 2.78. The predicted octanol–water partition coefficient (Wildman–Crippen LogP) is 2.91. The number of nitrogens with one attached hydrogen (secondary N) is 1. The first-order valence-electron chi connectivity index (χ1n) is 7.62. The zero-order valence-electron chi connectivity index (χ0n) is 12.6. The number of rotatable bonds is 4. The van der Waals surface area contributed by atoms with Gasteiger partial charge in [-0.25, -0.2) is 4.79 Å². The van der Waals surface area contributed by atoms with E-state index in [0.717, 1.165) is 31.4 Å². The SMILES string of the molecule is Cc1ccccc1/C=C/NC(=O)N1CCCCC1CCO. The zero-order chi connectivity index (χ0) is 15.1. The predicted molar refractivity (Wildman–Crippen MR) is 84.8 cm³/mol. The van der Waals surface area contributed by atoms with Gasteiger partial charge in [-0.3, -0.25) is 0 Å². The number of aliphatic hydroxyl groups is 1. The molecule has 4 heteroatoms. The average molecular weight is 288 g/mol. The Morgan fingerprint density at radius 3 is 3.00 bits per heavy atom. The third-order valence-corrected chi connectivity index (χ3v) is 4.01. The first kappa shape index (κ1) is 15.6. The van der Waals surface area contributed by atoms with Gasteiger partial charge in [-0.2, -0.15) is 0 Å². The first-order valence-corrected chi connectivity index (χ1v) is 7.62. The maximum atomic E-state index is 12.2. The molecule has 21 heavy (non-hydrogen) atoms. The molecule has 2 rings (SSSR count). The maximum Gasteiger partial charge on any atom is 0.321 e. The smallest absolute Gasteiger partial charge is 0.321 e. The van der Waals surface area contributed by atoms with Gasteiger partial charge in [-0.1, -0.05) is 24.3 Å². The Bertz CT molecular complexity index is 497. The quantitative estimate of drug-likeness (QED) is 0.895. The van der Waals surface area contributed by atoms with E-state index in [2.05, 4.69) is 5.32 Å². The van der Waals surface area contributed by atoms with Crippen molar-refractivity contribution in [1.29, 1.82) is 0 Å². The summed E-state index contributed by atoms with van der Waals surface area (Å²) in [5.74, 6) is 0. The minimum Gasteiger partial charge on any atom is -0.396 e. The topological polar surface area (TPSA) is 52.6 Å². The molecule has 4 nitrogen and oxygen atoms in total. The van der Waals surface area contributed by atoms with E-state index in [1.54, 1.807) is 6.20 Å². The number of hydrogen-bond donors (Lipinski definition) is 2. The average Bonchev–Trinajstić information content (AvgIpc) is 2.50. The zero-order valence-corrected chi connectivity index (χ0v) is 12.6. The van der Waals surface area contributed by atoms with Crippen molar-refractivity contribution in [3.63, 3.8) is 0 Å². The van der Waals surface area contributed by atoms with Crippen LogP contribution >= 0.6 is 0 Å². The number of aryl methyl sites for hydroxylation is 1. The highest BCUT2D eigenvalue weighted by Crippen LogP contribution is 2.19. The van der Waals surface area contributed by atoms with Crippen LogP contribution in [0, 0.1) is 6.92 Å². The van der Waals surface area contributed by atoms with Crippen molar-refractivity contribution in [2.24, 2.45) is 0 Å². The van der Waals surface area contributed by atoms with Crippen LogP contribution < -0.4 is 5.32 Å². The van der Waals surface area contributed by atoms with E-state index in [1.165, 1.54) is 5.56 Å². The second-order valence-electron chi connectivity index (χ2n) is 5.49. The van der Waals surface area contributed by atoms with Crippen LogP contribution in [0.3, 0.4) is 0 Å². The number of amides is 2. The molecule has 0 saturated carbocycles. The fourth-order valence-electron chi connectivity index (χ4n) is 2.78. The van der Waals surface area contributed by atoms with Crippen molar-refractivity contribution in [2.45, 2.75) is 38.6 Å². The van der Waals surface area contributed by atoms with Gasteiger partial charge < -0.3 is 15.3 Å². The second-order valence-corrected chi connectivity index (χ2v) is 5.49. The minimum absolute atomic E-state index is 0.0713. The summed E-state index contributed by atoms with van der Waals surface area (Å²) in [5.41, 5.74) is 2.28. The van der Waals surface area contributed by atoms with Gasteiger partial charge >= 0.3 is 6.03 Å². The molecule has 1 fully saturated rings. The third kappa shape index (κ3) is 4.33. The maximum absolute atomic E-state index is 12.2. The Morgan fingerprint density at radius 1 is 1.43 bits per heavy atom. The van der Waals surface area contributed by atoms with E-state index in [9.17, 15) is 4.79 Å². The van der Waals surface area contributed by atoms with Crippen molar-refractivity contribution in [3.05, 3.63) is 41.6 Å². The molecule has 1 heterocycles. The van der Waals surface area contributed by atoms with Gasteiger partial charge in [0.25, 0.3) is 0 Å². The lowest BCUT2D eigenvalue weighted by atomic mass is 10.0. The molecule has 2 amide bonds. The highest BCUT2D eigenvalue weighted by Gasteiger charge is 2.25. The van der Waals surface area contributed by atoms with Gasteiger partial charge in [0.2, 0.25) is 0 Å². The highest BCUT2D eigenvalue weighted by atomic mass is 16.3. The molecule has 114 valence electrons. The Balaban J connectivity index is 1.92. The van der Waals surface area contributed by atoms with Crippen LogP contribution in [0.25, 0.3) is 6.08 Å². The summed E-state index contributed by atoms with van der Waals surface area (Å²) in [5, 5.41) is 11.9. The number of urea groups is 1.